The summed E-state index contributed by atoms with van der Waals surface area (Å²) in [7, 11) is 0. The van der Waals surface area contributed by atoms with Gasteiger partial charge in [-0.05, 0) is 69.3 Å². The van der Waals surface area contributed by atoms with E-state index in [1.165, 1.54) is 38.2 Å². The van der Waals surface area contributed by atoms with E-state index in [9.17, 15) is 9.59 Å². The van der Waals surface area contributed by atoms with Crippen LogP contribution < -0.4 is 5.32 Å². The lowest BCUT2D eigenvalue weighted by Crippen LogP contribution is -2.41. The number of fused-ring (bicyclic) bond motifs is 2. The number of hydrogen-bond donors (Lipinski definition) is 1. The van der Waals surface area contributed by atoms with Crippen LogP contribution in [-0.4, -0.2) is 45.8 Å². The maximum absolute atomic E-state index is 12.8. The highest BCUT2D eigenvalue weighted by Gasteiger charge is 2.46. The fourth-order valence-electron chi connectivity index (χ4n) is 5.69. The number of piperidine rings is 1. The highest BCUT2D eigenvalue weighted by Crippen LogP contribution is 2.47. The van der Waals surface area contributed by atoms with Crippen molar-refractivity contribution >= 4 is 28.7 Å². The molecule has 4 fully saturated rings. The molecule has 1 unspecified atom stereocenters. The molecule has 1 N–H and O–H groups in total. The smallest absolute Gasteiger partial charge is 0.257 e. The third-order valence-corrected chi connectivity index (χ3v) is 8.56. The summed E-state index contributed by atoms with van der Waals surface area (Å²) in [6, 6.07) is 2.13. The van der Waals surface area contributed by atoms with Gasteiger partial charge in [0.2, 0.25) is 5.91 Å². The lowest BCUT2D eigenvalue weighted by Gasteiger charge is -2.34. The van der Waals surface area contributed by atoms with Crippen molar-refractivity contribution in [2.24, 2.45) is 22.7 Å². The maximum atomic E-state index is 12.8. The van der Waals surface area contributed by atoms with Gasteiger partial charge in [-0.25, -0.2) is 0 Å². The zero-order valence-corrected chi connectivity index (χ0v) is 17.7. The standard InChI is InChI=1S/C22H29N3O3S/c1-22(12-14-4-7-25(8-5-14)19(26)17-6-9-28-13-17)20(27)24-21(29-22)23-18-11-15-2-3-16(18)10-15/h6,9,13-16,18H,2-5,7-8,10-12H2,1H3,(H,23,24,27)/t15-,16-,18?,22-/m0/s1. The Morgan fingerprint density at radius 3 is 2.79 bits per heavy atom. The number of carbonyl (C=O) groups is 2. The minimum absolute atomic E-state index is 0.0386. The molecule has 6 nitrogen and oxygen atoms in total. The van der Waals surface area contributed by atoms with E-state index in [0.29, 0.717) is 17.5 Å². The zero-order chi connectivity index (χ0) is 20.0. The van der Waals surface area contributed by atoms with Crippen molar-refractivity contribution in [1.82, 2.24) is 10.2 Å². The van der Waals surface area contributed by atoms with Crippen LogP contribution in [0.5, 0.6) is 0 Å². The van der Waals surface area contributed by atoms with Gasteiger partial charge in [0.15, 0.2) is 5.17 Å². The fraction of sp³-hybridized carbons (Fsp3) is 0.682. The molecule has 7 heteroatoms. The lowest BCUT2D eigenvalue weighted by molar-refractivity contribution is -0.121. The molecule has 2 aliphatic heterocycles. The zero-order valence-electron chi connectivity index (χ0n) is 16.9. The van der Waals surface area contributed by atoms with E-state index < -0.39 is 4.75 Å². The van der Waals surface area contributed by atoms with E-state index in [4.69, 9.17) is 9.41 Å². The summed E-state index contributed by atoms with van der Waals surface area (Å²) in [5.41, 5.74) is 0.614. The Morgan fingerprint density at radius 1 is 1.31 bits per heavy atom. The molecule has 0 radical (unpaired) electrons. The number of nitrogens with one attached hydrogen (secondary N) is 1. The summed E-state index contributed by atoms with van der Waals surface area (Å²) in [5.74, 6) is 2.18. The van der Waals surface area contributed by atoms with Gasteiger partial charge >= 0.3 is 0 Å². The van der Waals surface area contributed by atoms with Crippen molar-refractivity contribution in [2.45, 2.75) is 62.7 Å². The summed E-state index contributed by atoms with van der Waals surface area (Å²) in [6.07, 6.45) is 10.9. The molecule has 2 amide bonds. The molecule has 156 valence electrons. The normalized spacial score (nSPS) is 36.2. The number of furan rings is 1. The van der Waals surface area contributed by atoms with Gasteiger partial charge in [0.1, 0.15) is 6.26 Å². The van der Waals surface area contributed by atoms with Crippen LogP contribution in [0.25, 0.3) is 0 Å². The monoisotopic (exact) mass is 415 g/mol. The van der Waals surface area contributed by atoms with Gasteiger partial charge in [-0.1, -0.05) is 18.2 Å². The molecule has 0 spiro atoms. The predicted molar refractivity (Wildman–Crippen MR) is 113 cm³/mol. The van der Waals surface area contributed by atoms with Gasteiger partial charge in [-0.3, -0.25) is 14.6 Å². The third-order valence-electron chi connectivity index (χ3n) is 7.35. The van der Waals surface area contributed by atoms with Crippen LogP contribution in [0.1, 0.15) is 62.2 Å². The van der Waals surface area contributed by atoms with Crippen LogP contribution in [0.3, 0.4) is 0 Å². The highest BCUT2D eigenvalue weighted by molar-refractivity contribution is 8.16. The number of likely N-dealkylation sites (tertiary alicyclic amines) is 1. The molecule has 5 rings (SSSR count). The van der Waals surface area contributed by atoms with E-state index in [-0.39, 0.29) is 11.8 Å². The molecule has 1 aromatic rings. The van der Waals surface area contributed by atoms with E-state index in [1.54, 1.807) is 17.8 Å². The van der Waals surface area contributed by atoms with Gasteiger partial charge in [-0.2, -0.15) is 0 Å². The summed E-state index contributed by atoms with van der Waals surface area (Å²) in [4.78, 5) is 32.1. The average Bonchev–Trinajstić information content (AvgIpc) is 3.48. The molecular weight excluding hydrogens is 386 g/mol. The summed E-state index contributed by atoms with van der Waals surface area (Å²) >= 11 is 1.63. The first-order chi connectivity index (χ1) is 14.0. The Kier molecular flexibility index (Phi) is 4.96. The van der Waals surface area contributed by atoms with Gasteiger partial charge in [0.25, 0.3) is 5.91 Å². The molecule has 2 aliphatic carbocycles. The molecular formula is C22H29N3O3S. The minimum Gasteiger partial charge on any atom is -0.472 e. The highest BCUT2D eigenvalue weighted by atomic mass is 32.2. The number of thioether (sulfide) groups is 1. The minimum atomic E-state index is -0.447. The maximum Gasteiger partial charge on any atom is 0.257 e. The van der Waals surface area contributed by atoms with Gasteiger partial charge in [0, 0.05) is 13.1 Å². The number of carbonyl (C=O) groups excluding carboxylic acids is 2. The Labute approximate surface area is 175 Å². The molecule has 29 heavy (non-hydrogen) atoms. The molecule has 4 atom stereocenters. The molecule has 4 aliphatic rings. The number of hydrogen-bond acceptors (Lipinski definition) is 5. The Hall–Kier alpha value is -1.76. The lowest BCUT2D eigenvalue weighted by atomic mass is 9.87. The summed E-state index contributed by atoms with van der Waals surface area (Å²) < 4.78 is 4.58. The van der Waals surface area contributed by atoms with Gasteiger partial charge < -0.3 is 14.6 Å². The number of rotatable bonds is 4. The Bertz CT molecular complexity index is 815. The SMILES string of the molecule is C[C@@]1(CC2CCN(C(=O)c3ccoc3)CC2)SC(=NC2C[C@H]3CC[C@H]2C3)NC1=O. The number of nitrogens with zero attached hydrogens (tertiary/aromatic N) is 2. The van der Waals surface area contributed by atoms with E-state index >= 15 is 0 Å². The molecule has 2 bridgehead atoms. The van der Waals surface area contributed by atoms with Crippen molar-refractivity contribution in [3.63, 3.8) is 0 Å². The Morgan fingerprint density at radius 2 is 2.14 bits per heavy atom. The van der Waals surface area contributed by atoms with Crippen molar-refractivity contribution in [3.8, 4) is 0 Å². The predicted octanol–water partition coefficient (Wildman–Crippen LogP) is 3.69. The molecule has 2 saturated heterocycles. The van der Waals surface area contributed by atoms with E-state index in [0.717, 1.165) is 49.4 Å². The van der Waals surface area contributed by atoms with Crippen molar-refractivity contribution < 1.29 is 14.0 Å². The first kappa shape index (κ1) is 19.2. The fourth-order valence-corrected chi connectivity index (χ4v) is 6.91. The molecule has 3 heterocycles. The van der Waals surface area contributed by atoms with Crippen LogP contribution in [-0.2, 0) is 4.79 Å². The third kappa shape index (κ3) is 3.74. The average molecular weight is 416 g/mol. The largest absolute Gasteiger partial charge is 0.472 e. The van der Waals surface area contributed by atoms with Crippen LogP contribution in [0.2, 0.25) is 0 Å². The van der Waals surface area contributed by atoms with Gasteiger partial charge in [0.05, 0.1) is 22.6 Å². The van der Waals surface area contributed by atoms with Crippen molar-refractivity contribution in [2.75, 3.05) is 13.1 Å². The summed E-state index contributed by atoms with van der Waals surface area (Å²) in [5, 5.41) is 3.90. The van der Waals surface area contributed by atoms with E-state index in [1.807, 2.05) is 4.90 Å². The second-order valence-electron chi connectivity index (χ2n) is 9.42. The van der Waals surface area contributed by atoms with Gasteiger partial charge in [-0.15, -0.1) is 0 Å². The summed E-state index contributed by atoms with van der Waals surface area (Å²) in [6.45, 7) is 3.53. The number of aliphatic imine (C=N–C) groups is 1. The van der Waals surface area contributed by atoms with Crippen LogP contribution in [0.4, 0.5) is 0 Å². The first-order valence-electron chi connectivity index (χ1n) is 10.9. The molecule has 0 aromatic carbocycles. The van der Waals surface area contributed by atoms with Crippen LogP contribution in [0.15, 0.2) is 28.0 Å². The Balaban J connectivity index is 1.16. The van der Waals surface area contributed by atoms with Crippen LogP contribution >= 0.6 is 11.8 Å². The first-order valence-corrected chi connectivity index (χ1v) is 11.7. The van der Waals surface area contributed by atoms with Crippen molar-refractivity contribution in [3.05, 3.63) is 24.2 Å². The number of amides is 2. The second kappa shape index (κ2) is 7.49. The molecule has 2 saturated carbocycles. The second-order valence-corrected chi connectivity index (χ2v) is 10.9. The van der Waals surface area contributed by atoms with Crippen LogP contribution in [0, 0.1) is 17.8 Å². The number of amidine groups is 1. The molecule has 1 aromatic heterocycles. The quantitative estimate of drug-likeness (QED) is 0.814. The topological polar surface area (TPSA) is 74.9 Å². The van der Waals surface area contributed by atoms with Crippen molar-refractivity contribution in [1.29, 1.82) is 0 Å². The van der Waals surface area contributed by atoms with E-state index in [2.05, 4.69) is 12.2 Å².